The molecule has 98 valence electrons. The van der Waals surface area contributed by atoms with E-state index in [2.05, 4.69) is 10.5 Å². The Hall–Kier alpha value is -1.88. The van der Waals surface area contributed by atoms with E-state index in [1.807, 2.05) is 38.1 Å². The highest BCUT2D eigenvalue weighted by atomic mass is 16.4. The van der Waals surface area contributed by atoms with E-state index >= 15 is 0 Å². The summed E-state index contributed by atoms with van der Waals surface area (Å²) in [6, 6.07) is 6.82. The fourth-order valence-electron chi connectivity index (χ4n) is 1.42. The monoisotopic (exact) mass is 249 g/mol. The van der Waals surface area contributed by atoms with Crippen LogP contribution in [0.3, 0.4) is 0 Å². The number of aliphatic carboxylic acids is 1. The third kappa shape index (κ3) is 4.97. The van der Waals surface area contributed by atoms with Crippen LogP contribution in [0.25, 0.3) is 0 Å². The lowest BCUT2D eigenvalue weighted by atomic mass is 10.0. The van der Waals surface area contributed by atoms with E-state index in [1.54, 1.807) is 0 Å². The number of carbonyl (C=O) groups is 1. The highest BCUT2D eigenvalue weighted by Gasteiger charge is 2.11. The van der Waals surface area contributed by atoms with Crippen molar-refractivity contribution in [3.63, 3.8) is 0 Å². The van der Waals surface area contributed by atoms with Crippen molar-refractivity contribution in [1.82, 2.24) is 5.43 Å². The molecule has 18 heavy (non-hydrogen) atoms. The number of carboxylic acids is 1. The molecule has 1 rings (SSSR count). The van der Waals surface area contributed by atoms with Crippen molar-refractivity contribution in [1.29, 1.82) is 0 Å². The fourth-order valence-corrected chi connectivity index (χ4v) is 1.42. The number of nitrogens with two attached hydrogens (primary N) is 1. The largest absolute Gasteiger partial charge is 0.480 e. The minimum absolute atomic E-state index is 0.343. The first-order valence-corrected chi connectivity index (χ1v) is 5.79. The standard InChI is InChI=1S/C13H19N3O2/c1-9(2)16-15-8-11-5-3-10(4-6-11)7-12(14)13(17)18/h3-6,12,15H,7-8,14H2,1-2H3,(H,17,18). The molecule has 0 aliphatic heterocycles. The summed E-state index contributed by atoms with van der Waals surface area (Å²) in [5.74, 6) is -0.978. The molecule has 0 heterocycles. The summed E-state index contributed by atoms with van der Waals surface area (Å²) >= 11 is 0. The molecule has 0 spiro atoms. The van der Waals surface area contributed by atoms with Gasteiger partial charge in [-0.3, -0.25) is 4.79 Å². The number of benzene rings is 1. The van der Waals surface area contributed by atoms with Gasteiger partial charge in [-0.25, -0.2) is 0 Å². The van der Waals surface area contributed by atoms with E-state index < -0.39 is 12.0 Å². The molecule has 4 N–H and O–H groups in total. The van der Waals surface area contributed by atoms with Crippen molar-refractivity contribution in [2.75, 3.05) is 0 Å². The number of hydrogen-bond donors (Lipinski definition) is 3. The lowest BCUT2D eigenvalue weighted by Crippen LogP contribution is -2.32. The predicted molar refractivity (Wildman–Crippen MR) is 71.4 cm³/mol. The summed E-state index contributed by atoms with van der Waals surface area (Å²) in [6.07, 6.45) is 0.343. The molecule has 1 aromatic carbocycles. The summed E-state index contributed by atoms with van der Waals surface area (Å²) < 4.78 is 0. The summed E-state index contributed by atoms with van der Waals surface area (Å²) in [5.41, 5.74) is 11.4. The quantitative estimate of drug-likeness (QED) is 0.521. The summed E-state index contributed by atoms with van der Waals surface area (Å²) in [7, 11) is 0. The van der Waals surface area contributed by atoms with Gasteiger partial charge in [0, 0.05) is 5.71 Å². The zero-order valence-electron chi connectivity index (χ0n) is 10.7. The van der Waals surface area contributed by atoms with Crippen LogP contribution in [0.1, 0.15) is 25.0 Å². The molecule has 0 saturated heterocycles. The number of nitrogens with zero attached hydrogens (tertiary/aromatic N) is 1. The summed E-state index contributed by atoms with van der Waals surface area (Å²) in [5, 5.41) is 12.8. The topological polar surface area (TPSA) is 87.7 Å². The van der Waals surface area contributed by atoms with Crippen LogP contribution in [-0.2, 0) is 17.8 Å². The number of hydrogen-bond acceptors (Lipinski definition) is 4. The smallest absolute Gasteiger partial charge is 0.320 e. The van der Waals surface area contributed by atoms with Gasteiger partial charge in [-0.2, -0.15) is 5.10 Å². The van der Waals surface area contributed by atoms with Gasteiger partial charge in [-0.15, -0.1) is 0 Å². The van der Waals surface area contributed by atoms with Gasteiger partial charge in [-0.05, 0) is 31.4 Å². The van der Waals surface area contributed by atoms with Crippen LogP contribution in [-0.4, -0.2) is 22.8 Å². The van der Waals surface area contributed by atoms with Crippen molar-refractivity contribution in [3.05, 3.63) is 35.4 Å². The minimum atomic E-state index is -0.978. The van der Waals surface area contributed by atoms with Crippen LogP contribution in [0, 0.1) is 0 Å². The van der Waals surface area contributed by atoms with Crippen LogP contribution in [0.4, 0.5) is 0 Å². The van der Waals surface area contributed by atoms with Crippen LogP contribution >= 0.6 is 0 Å². The highest BCUT2D eigenvalue weighted by molar-refractivity contribution is 5.78. The molecule has 0 radical (unpaired) electrons. The van der Waals surface area contributed by atoms with Gasteiger partial charge >= 0.3 is 5.97 Å². The summed E-state index contributed by atoms with van der Waals surface area (Å²) in [6.45, 7) is 4.49. The second-order valence-electron chi connectivity index (χ2n) is 4.36. The number of nitrogens with one attached hydrogen (secondary N) is 1. The molecule has 0 aliphatic rings. The van der Waals surface area contributed by atoms with Crippen molar-refractivity contribution < 1.29 is 9.90 Å². The van der Waals surface area contributed by atoms with Crippen molar-refractivity contribution in [2.24, 2.45) is 10.8 Å². The van der Waals surface area contributed by atoms with Crippen molar-refractivity contribution >= 4 is 11.7 Å². The van der Waals surface area contributed by atoms with Crippen molar-refractivity contribution in [3.8, 4) is 0 Å². The van der Waals surface area contributed by atoms with Crippen LogP contribution in [0.15, 0.2) is 29.4 Å². The van der Waals surface area contributed by atoms with Gasteiger partial charge in [0.15, 0.2) is 0 Å². The molecule has 0 amide bonds. The Morgan fingerprint density at radius 3 is 2.39 bits per heavy atom. The molecule has 1 unspecified atom stereocenters. The second-order valence-corrected chi connectivity index (χ2v) is 4.36. The number of carboxylic acid groups (broad SMARTS) is 1. The van der Waals surface area contributed by atoms with Gasteiger partial charge in [0.05, 0.1) is 6.54 Å². The Morgan fingerprint density at radius 1 is 1.33 bits per heavy atom. The molecule has 5 nitrogen and oxygen atoms in total. The van der Waals surface area contributed by atoms with Gasteiger partial charge < -0.3 is 16.3 Å². The van der Waals surface area contributed by atoms with Gasteiger partial charge in [0.2, 0.25) is 0 Å². The third-order valence-electron chi connectivity index (χ3n) is 2.38. The zero-order valence-corrected chi connectivity index (χ0v) is 10.7. The van der Waals surface area contributed by atoms with E-state index in [9.17, 15) is 4.79 Å². The molecule has 0 bridgehead atoms. The number of rotatable bonds is 6. The van der Waals surface area contributed by atoms with Crippen LogP contribution in [0.2, 0.25) is 0 Å². The SMILES string of the molecule is CC(C)=NNCc1ccc(CC(N)C(=O)O)cc1. The first-order valence-electron chi connectivity index (χ1n) is 5.79. The lowest BCUT2D eigenvalue weighted by molar-refractivity contribution is -0.138. The number of hydrazone groups is 1. The normalized spacial score (nSPS) is 11.7. The summed E-state index contributed by atoms with van der Waals surface area (Å²) in [4.78, 5) is 10.6. The van der Waals surface area contributed by atoms with E-state index in [4.69, 9.17) is 10.8 Å². The first kappa shape index (κ1) is 14.2. The Balaban J connectivity index is 2.52. The molecule has 0 aromatic heterocycles. The van der Waals surface area contributed by atoms with Gasteiger partial charge in [-0.1, -0.05) is 24.3 Å². The molecule has 5 heteroatoms. The average Bonchev–Trinajstić information content (AvgIpc) is 2.30. The minimum Gasteiger partial charge on any atom is -0.480 e. The van der Waals surface area contributed by atoms with Gasteiger partial charge in [0.1, 0.15) is 6.04 Å². The van der Waals surface area contributed by atoms with Crippen LogP contribution < -0.4 is 11.2 Å². The first-order chi connectivity index (χ1) is 8.49. The van der Waals surface area contributed by atoms with E-state index in [0.717, 1.165) is 16.8 Å². The molecular formula is C13H19N3O2. The Bertz CT molecular complexity index is 422. The Kier molecular flexibility index (Phi) is 5.32. The maximum atomic E-state index is 10.6. The van der Waals surface area contributed by atoms with Crippen LogP contribution in [0.5, 0.6) is 0 Å². The lowest BCUT2D eigenvalue weighted by Gasteiger charge is -2.07. The van der Waals surface area contributed by atoms with E-state index in [1.165, 1.54) is 0 Å². The van der Waals surface area contributed by atoms with Gasteiger partial charge in [0.25, 0.3) is 0 Å². The zero-order chi connectivity index (χ0) is 13.5. The fraction of sp³-hybridized carbons (Fsp3) is 0.385. The van der Waals surface area contributed by atoms with E-state index in [-0.39, 0.29) is 0 Å². The maximum Gasteiger partial charge on any atom is 0.320 e. The Labute approximate surface area is 107 Å². The molecular weight excluding hydrogens is 230 g/mol. The molecule has 0 saturated carbocycles. The molecule has 0 aliphatic carbocycles. The Morgan fingerprint density at radius 2 is 1.89 bits per heavy atom. The predicted octanol–water partition coefficient (Wildman–Crippen LogP) is 1.13. The second kappa shape index (κ2) is 6.76. The molecule has 1 atom stereocenters. The molecule has 1 aromatic rings. The third-order valence-corrected chi connectivity index (χ3v) is 2.38. The highest BCUT2D eigenvalue weighted by Crippen LogP contribution is 2.06. The van der Waals surface area contributed by atoms with E-state index in [0.29, 0.717) is 13.0 Å². The molecule has 0 fully saturated rings. The van der Waals surface area contributed by atoms with Crippen molar-refractivity contribution in [2.45, 2.75) is 32.9 Å². The maximum absolute atomic E-state index is 10.6. The average molecular weight is 249 g/mol.